The molecule has 1 aromatic heterocycles. The van der Waals surface area contributed by atoms with Gasteiger partial charge in [0.1, 0.15) is 0 Å². The Kier molecular flexibility index (Phi) is 6.00. The van der Waals surface area contributed by atoms with Gasteiger partial charge >= 0.3 is 0 Å². The van der Waals surface area contributed by atoms with Crippen LogP contribution in [0, 0.1) is 0 Å². The summed E-state index contributed by atoms with van der Waals surface area (Å²) in [7, 11) is 0. The molecule has 0 radical (unpaired) electrons. The van der Waals surface area contributed by atoms with E-state index >= 15 is 0 Å². The third-order valence-electron chi connectivity index (χ3n) is 3.94. The highest BCUT2D eigenvalue weighted by atomic mass is 32.1. The summed E-state index contributed by atoms with van der Waals surface area (Å²) in [6, 6.07) is 1.25. The van der Waals surface area contributed by atoms with E-state index in [2.05, 4.69) is 43.3 Å². The van der Waals surface area contributed by atoms with Crippen LogP contribution in [0.1, 0.15) is 63.6 Å². The largest absolute Gasteiger partial charge is 0.313 e. The van der Waals surface area contributed by atoms with Gasteiger partial charge in [0.15, 0.2) is 0 Å². The second kappa shape index (κ2) is 7.53. The molecule has 0 bridgehead atoms. The zero-order valence-corrected chi connectivity index (χ0v) is 14.2. The summed E-state index contributed by atoms with van der Waals surface area (Å²) in [5.74, 6) is 0.550. The smallest absolute Gasteiger partial charge is 0.0954 e. The van der Waals surface area contributed by atoms with Crippen molar-refractivity contribution in [3.8, 4) is 0 Å². The van der Waals surface area contributed by atoms with Crippen molar-refractivity contribution in [2.75, 3.05) is 13.1 Å². The normalized spacial score (nSPS) is 21.0. The second-order valence-electron chi connectivity index (χ2n) is 6.51. The van der Waals surface area contributed by atoms with Crippen molar-refractivity contribution in [2.45, 2.75) is 71.5 Å². The summed E-state index contributed by atoms with van der Waals surface area (Å²) >= 11 is 1.81. The topological polar surface area (TPSA) is 28.2 Å². The van der Waals surface area contributed by atoms with E-state index in [0.29, 0.717) is 18.0 Å². The Morgan fingerprint density at radius 3 is 2.80 bits per heavy atom. The molecule has 0 aromatic carbocycles. The van der Waals surface area contributed by atoms with Crippen LogP contribution in [0.4, 0.5) is 0 Å². The molecule has 1 aliphatic rings. The maximum Gasteiger partial charge on any atom is 0.0954 e. The molecule has 2 heterocycles. The first kappa shape index (κ1) is 15.9. The van der Waals surface area contributed by atoms with Crippen LogP contribution in [0.15, 0.2) is 5.38 Å². The average molecular weight is 295 g/mol. The minimum Gasteiger partial charge on any atom is -0.313 e. The molecule has 1 saturated heterocycles. The second-order valence-corrected chi connectivity index (χ2v) is 7.40. The summed E-state index contributed by atoms with van der Waals surface area (Å²) in [6.45, 7) is 12.2. The summed E-state index contributed by atoms with van der Waals surface area (Å²) in [5, 5.41) is 7.11. The maximum absolute atomic E-state index is 4.79. The molecule has 4 heteroatoms. The minimum atomic E-state index is 0.550. The molecule has 0 saturated carbocycles. The first-order chi connectivity index (χ1) is 9.56. The van der Waals surface area contributed by atoms with Gasteiger partial charge < -0.3 is 5.32 Å². The van der Waals surface area contributed by atoms with Crippen LogP contribution in [0.25, 0.3) is 0 Å². The van der Waals surface area contributed by atoms with E-state index in [1.165, 1.54) is 36.5 Å². The molecule has 0 aliphatic carbocycles. The summed E-state index contributed by atoms with van der Waals surface area (Å²) in [6.07, 6.45) is 4.02. The molecule has 0 amide bonds. The van der Waals surface area contributed by atoms with Crippen LogP contribution in [-0.2, 0) is 6.54 Å². The SMILES string of the molecule is CC(C)NCC1CCCCN1Cc1csc(C(C)C)n1. The van der Waals surface area contributed by atoms with Crippen LogP contribution in [0.2, 0.25) is 0 Å². The van der Waals surface area contributed by atoms with Crippen molar-refractivity contribution in [3.63, 3.8) is 0 Å². The molecule has 2 rings (SSSR count). The summed E-state index contributed by atoms with van der Waals surface area (Å²) in [4.78, 5) is 7.41. The summed E-state index contributed by atoms with van der Waals surface area (Å²) < 4.78 is 0. The Morgan fingerprint density at radius 2 is 2.15 bits per heavy atom. The number of aromatic nitrogens is 1. The van der Waals surface area contributed by atoms with Crippen molar-refractivity contribution < 1.29 is 0 Å². The van der Waals surface area contributed by atoms with Crippen LogP contribution in [-0.4, -0.2) is 35.1 Å². The van der Waals surface area contributed by atoms with Crippen molar-refractivity contribution in [2.24, 2.45) is 0 Å². The fourth-order valence-corrected chi connectivity index (χ4v) is 3.57. The van der Waals surface area contributed by atoms with Gasteiger partial charge in [-0.15, -0.1) is 11.3 Å². The Balaban J connectivity index is 1.93. The molecule has 1 N–H and O–H groups in total. The van der Waals surface area contributed by atoms with E-state index < -0.39 is 0 Å². The van der Waals surface area contributed by atoms with E-state index in [1.54, 1.807) is 0 Å². The van der Waals surface area contributed by atoms with Gasteiger partial charge in [0, 0.05) is 36.5 Å². The molecule has 1 aromatic rings. The van der Waals surface area contributed by atoms with Gasteiger partial charge in [-0.05, 0) is 19.4 Å². The molecular formula is C16H29N3S. The first-order valence-electron chi connectivity index (χ1n) is 7.98. The van der Waals surface area contributed by atoms with Gasteiger partial charge in [0.05, 0.1) is 10.7 Å². The maximum atomic E-state index is 4.79. The lowest BCUT2D eigenvalue weighted by Gasteiger charge is -2.35. The van der Waals surface area contributed by atoms with Crippen molar-refractivity contribution >= 4 is 11.3 Å². The van der Waals surface area contributed by atoms with Gasteiger partial charge in [-0.3, -0.25) is 4.90 Å². The molecule has 1 fully saturated rings. The average Bonchev–Trinajstić information content (AvgIpc) is 2.86. The highest BCUT2D eigenvalue weighted by Crippen LogP contribution is 2.23. The van der Waals surface area contributed by atoms with E-state index in [4.69, 9.17) is 4.98 Å². The van der Waals surface area contributed by atoms with Crippen LogP contribution in [0.5, 0.6) is 0 Å². The lowest BCUT2D eigenvalue weighted by Crippen LogP contribution is -2.46. The zero-order chi connectivity index (χ0) is 14.5. The Labute approximate surface area is 127 Å². The molecule has 3 nitrogen and oxygen atoms in total. The van der Waals surface area contributed by atoms with Crippen molar-refractivity contribution in [1.82, 2.24) is 15.2 Å². The standard InChI is InChI=1S/C16H29N3S/c1-12(2)16-18-14(11-20-16)10-19-8-6-5-7-15(19)9-17-13(3)4/h11-13,15,17H,5-10H2,1-4H3. The number of thiazole rings is 1. The van der Waals surface area contributed by atoms with E-state index in [-0.39, 0.29) is 0 Å². The predicted molar refractivity (Wildman–Crippen MR) is 87.4 cm³/mol. The monoisotopic (exact) mass is 295 g/mol. The highest BCUT2D eigenvalue weighted by molar-refractivity contribution is 7.09. The predicted octanol–water partition coefficient (Wildman–Crippen LogP) is 3.62. The zero-order valence-electron chi connectivity index (χ0n) is 13.4. The quantitative estimate of drug-likeness (QED) is 0.869. The number of nitrogens with zero attached hydrogens (tertiary/aromatic N) is 2. The lowest BCUT2D eigenvalue weighted by molar-refractivity contribution is 0.134. The molecule has 114 valence electrons. The van der Waals surface area contributed by atoms with E-state index in [9.17, 15) is 0 Å². The number of nitrogens with one attached hydrogen (secondary N) is 1. The van der Waals surface area contributed by atoms with Crippen molar-refractivity contribution in [1.29, 1.82) is 0 Å². The van der Waals surface area contributed by atoms with E-state index in [1.807, 2.05) is 11.3 Å². The third-order valence-corrected chi connectivity index (χ3v) is 5.13. The van der Waals surface area contributed by atoms with Crippen LogP contribution in [0.3, 0.4) is 0 Å². The Bertz CT molecular complexity index is 400. The molecule has 20 heavy (non-hydrogen) atoms. The fraction of sp³-hybridized carbons (Fsp3) is 0.812. The third kappa shape index (κ3) is 4.54. The molecule has 1 aliphatic heterocycles. The molecular weight excluding hydrogens is 266 g/mol. The molecule has 1 unspecified atom stereocenters. The highest BCUT2D eigenvalue weighted by Gasteiger charge is 2.23. The Hall–Kier alpha value is -0.450. The fourth-order valence-electron chi connectivity index (χ4n) is 2.74. The number of hydrogen-bond donors (Lipinski definition) is 1. The van der Waals surface area contributed by atoms with Gasteiger partial charge in [0.25, 0.3) is 0 Å². The first-order valence-corrected chi connectivity index (χ1v) is 8.86. The van der Waals surface area contributed by atoms with Crippen LogP contribution >= 0.6 is 11.3 Å². The number of hydrogen-bond acceptors (Lipinski definition) is 4. The van der Waals surface area contributed by atoms with E-state index in [0.717, 1.165) is 13.1 Å². The number of rotatable bonds is 6. The van der Waals surface area contributed by atoms with Crippen LogP contribution < -0.4 is 5.32 Å². The van der Waals surface area contributed by atoms with Gasteiger partial charge in [-0.2, -0.15) is 0 Å². The van der Waals surface area contributed by atoms with Gasteiger partial charge in [-0.1, -0.05) is 34.1 Å². The molecule has 0 spiro atoms. The number of likely N-dealkylation sites (tertiary alicyclic amines) is 1. The lowest BCUT2D eigenvalue weighted by atomic mass is 10.0. The van der Waals surface area contributed by atoms with Gasteiger partial charge in [0.2, 0.25) is 0 Å². The number of piperidine rings is 1. The minimum absolute atomic E-state index is 0.550. The van der Waals surface area contributed by atoms with Gasteiger partial charge in [-0.25, -0.2) is 4.98 Å². The summed E-state index contributed by atoms with van der Waals surface area (Å²) in [5.41, 5.74) is 1.26. The van der Waals surface area contributed by atoms with Crippen molar-refractivity contribution in [3.05, 3.63) is 16.1 Å². The molecule has 1 atom stereocenters. The Morgan fingerprint density at radius 1 is 1.35 bits per heavy atom.